The van der Waals surface area contributed by atoms with Gasteiger partial charge in [0.15, 0.2) is 0 Å². The van der Waals surface area contributed by atoms with Gasteiger partial charge < -0.3 is 10.1 Å². The van der Waals surface area contributed by atoms with Crippen LogP contribution in [-0.4, -0.2) is 26.8 Å². The van der Waals surface area contributed by atoms with Crippen molar-refractivity contribution in [1.82, 2.24) is 5.32 Å². The van der Waals surface area contributed by atoms with E-state index in [2.05, 4.69) is 33.0 Å². The van der Waals surface area contributed by atoms with E-state index in [-0.39, 0.29) is 0 Å². The summed E-state index contributed by atoms with van der Waals surface area (Å²) in [5, 5.41) is 3.65. The summed E-state index contributed by atoms with van der Waals surface area (Å²) in [6, 6.07) is 0. The van der Waals surface area contributed by atoms with Gasteiger partial charge in [-0.05, 0) is 30.6 Å². The van der Waals surface area contributed by atoms with Gasteiger partial charge in [0, 0.05) is 20.2 Å². The number of rotatable bonds is 15. The summed E-state index contributed by atoms with van der Waals surface area (Å²) < 4.78 is 5.16. The summed E-state index contributed by atoms with van der Waals surface area (Å²) in [5.74, 6) is 0.908. The number of nitrogens with one attached hydrogen (secondary N) is 1. The molecule has 0 radical (unpaired) electrons. The Labute approximate surface area is 134 Å². The lowest BCUT2D eigenvalue weighted by molar-refractivity contribution is 0.153. The maximum atomic E-state index is 5.16. The van der Waals surface area contributed by atoms with Gasteiger partial charge in [0.25, 0.3) is 0 Å². The molecule has 0 bridgehead atoms. The molecule has 128 valence electrons. The van der Waals surface area contributed by atoms with Crippen LogP contribution in [0.15, 0.2) is 0 Å². The molecule has 0 heterocycles. The summed E-state index contributed by atoms with van der Waals surface area (Å²) in [6.45, 7) is 12.3. The Morgan fingerprint density at radius 1 is 1.05 bits per heavy atom. The van der Waals surface area contributed by atoms with Crippen molar-refractivity contribution in [3.63, 3.8) is 0 Å². The fourth-order valence-electron chi connectivity index (χ4n) is 3.34. The highest BCUT2D eigenvalue weighted by Crippen LogP contribution is 2.38. The number of unbranched alkanes of at least 4 members (excludes halogenated alkanes) is 2. The molecule has 0 saturated carbocycles. The molecule has 0 aromatic rings. The van der Waals surface area contributed by atoms with Crippen LogP contribution >= 0.6 is 0 Å². The van der Waals surface area contributed by atoms with Crippen LogP contribution in [-0.2, 0) is 4.74 Å². The monoisotopic (exact) mass is 299 g/mol. The van der Waals surface area contributed by atoms with E-state index in [4.69, 9.17) is 4.74 Å². The maximum Gasteiger partial charge on any atom is 0.0587 e. The minimum Gasteiger partial charge on any atom is -0.383 e. The Morgan fingerprint density at radius 3 is 2.29 bits per heavy atom. The first-order valence-electron chi connectivity index (χ1n) is 9.37. The first-order valence-corrected chi connectivity index (χ1v) is 9.37. The van der Waals surface area contributed by atoms with Gasteiger partial charge in [-0.2, -0.15) is 0 Å². The molecule has 0 amide bonds. The quantitative estimate of drug-likeness (QED) is 0.408. The molecule has 2 atom stereocenters. The summed E-state index contributed by atoms with van der Waals surface area (Å²) in [5.41, 5.74) is 0.498. The average Bonchev–Trinajstić information content (AvgIpc) is 2.52. The molecular formula is C19H41NO. The van der Waals surface area contributed by atoms with Crippen LogP contribution < -0.4 is 5.32 Å². The molecule has 2 heteroatoms. The normalized spacial score (nSPS) is 15.9. The second kappa shape index (κ2) is 13.6. The third-order valence-corrected chi connectivity index (χ3v) is 5.06. The summed E-state index contributed by atoms with van der Waals surface area (Å²) >= 11 is 0. The average molecular weight is 300 g/mol. The third kappa shape index (κ3) is 9.52. The zero-order valence-electron chi connectivity index (χ0n) is 15.5. The highest BCUT2D eigenvalue weighted by atomic mass is 16.5. The summed E-state index contributed by atoms with van der Waals surface area (Å²) in [7, 11) is 1.78. The lowest BCUT2D eigenvalue weighted by Gasteiger charge is -2.37. The minimum atomic E-state index is 0.498. The molecular weight excluding hydrogens is 258 g/mol. The highest BCUT2D eigenvalue weighted by molar-refractivity contribution is 4.83. The molecule has 0 aromatic carbocycles. The molecule has 0 aliphatic heterocycles. The second-order valence-electron chi connectivity index (χ2n) is 6.75. The van der Waals surface area contributed by atoms with Crippen molar-refractivity contribution in [1.29, 1.82) is 0 Å². The minimum absolute atomic E-state index is 0.498. The van der Waals surface area contributed by atoms with Gasteiger partial charge in [-0.15, -0.1) is 0 Å². The molecule has 2 unspecified atom stereocenters. The summed E-state index contributed by atoms with van der Waals surface area (Å²) in [6.07, 6.45) is 12.2. The van der Waals surface area contributed by atoms with E-state index in [1.54, 1.807) is 7.11 Å². The fraction of sp³-hybridized carbons (Fsp3) is 1.00. The molecule has 0 aliphatic carbocycles. The van der Waals surface area contributed by atoms with Crippen molar-refractivity contribution in [2.24, 2.45) is 11.3 Å². The SMILES string of the molecule is CCCCC(CC)CC(CC)(CCCC)CNCCOC. The van der Waals surface area contributed by atoms with Crippen LogP contribution in [0.2, 0.25) is 0 Å². The Hall–Kier alpha value is -0.0800. The fourth-order valence-corrected chi connectivity index (χ4v) is 3.34. The molecule has 0 aromatic heterocycles. The number of hydrogen-bond donors (Lipinski definition) is 1. The topological polar surface area (TPSA) is 21.3 Å². The van der Waals surface area contributed by atoms with Gasteiger partial charge in [0.05, 0.1) is 6.61 Å². The third-order valence-electron chi connectivity index (χ3n) is 5.06. The number of ether oxygens (including phenoxy) is 1. The molecule has 0 saturated heterocycles. The van der Waals surface area contributed by atoms with Gasteiger partial charge in [0.1, 0.15) is 0 Å². The first kappa shape index (κ1) is 20.9. The predicted octanol–water partition coefficient (Wildman–Crippen LogP) is 5.42. The molecule has 2 nitrogen and oxygen atoms in total. The van der Waals surface area contributed by atoms with E-state index in [0.717, 1.165) is 25.6 Å². The van der Waals surface area contributed by atoms with E-state index in [0.29, 0.717) is 5.41 Å². The zero-order chi connectivity index (χ0) is 16.0. The van der Waals surface area contributed by atoms with Crippen LogP contribution in [0.4, 0.5) is 0 Å². The van der Waals surface area contributed by atoms with Crippen molar-refractivity contribution in [2.45, 2.75) is 85.5 Å². The Bertz CT molecular complexity index is 220. The van der Waals surface area contributed by atoms with Gasteiger partial charge in [-0.3, -0.25) is 0 Å². The molecule has 0 fully saturated rings. The molecule has 21 heavy (non-hydrogen) atoms. The predicted molar refractivity (Wildman–Crippen MR) is 94.9 cm³/mol. The van der Waals surface area contributed by atoms with Crippen LogP contribution in [0.5, 0.6) is 0 Å². The van der Waals surface area contributed by atoms with E-state index in [1.807, 2.05) is 0 Å². The van der Waals surface area contributed by atoms with Gasteiger partial charge >= 0.3 is 0 Å². The molecule has 0 aliphatic rings. The van der Waals surface area contributed by atoms with Crippen LogP contribution in [0.1, 0.15) is 85.5 Å². The lowest BCUT2D eigenvalue weighted by Crippen LogP contribution is -2.37. The number of methoxy groups -OCH3 is 1. The van der Waals surface area contributed by atoms with E-state index in [1.165, 1.54) is 57.8 Å². The Balaban J connectivity index is 4.56. The van der Waals surface area contributed by atoms with Gasteiger partial charge in [-0.25, -0.2) is 0 Å². The first-order chi connectivity index (χ1) is 10.2. The second-order valence-corrected chi connectivity index (χ2v) is 6.75. The smallest absolute Gasteiger partial charge is 0.0587 e. The van der Waals surface area contributed by atoms with Crippen molar-refractivity contribution in [3.05, 3.63) is 0 Å². The van der Waals surface area contributed by atoms with Gasteiger partial charge in [0.2, 0.25) is 0 Å². The Kier molecular flexibility index (Phi) is 13.5. The maximum absolute atomic E-state index is 5.16. The standard InChI is InChI=1S/C19H41NO/c1-6-10-12-18(8-3)16-19(9-4,13-11-7-2)17-20-14-15-21-5/h18,20H,6-17H2,1-5H3. The van der Waals surface area contributed by atoms with E-state index < -0.39 is 0 Å². The van der Waals surface area contributed by atoms with Crippen LogP contribution in [0.25, 0.3) is 0 Å². The van der Waals surface area contributed by atoms with Crippen LogP contribution in [0.3, 0.4) is 0 Å². The van der Waals surface area contributed by atoms with Crippen molar-refractivity contribution in [3.8, 4) is 0 Å². The van der Waals surface area contributed by atoms with Crippen molar-refractivity contribution < 1.29 is 4.74 Å². The molecule has 0 rings (SSSR count). The lowest BCUT2D eigenvalue weighted by atomic mass is 9.72. The largest absolute Gasteiger partial charge is 0.383 e. The van der Waals surface area contributed by atoms with Crippen molar-refractivity contribution >= 4 is 0 Å². The molecule has 0 spiro atoms. The zero-order valence-corrected chi connectivity index (χ0v) is 15.5. The van der Waals surface area contributed by atoms with Crippen molar-refractivity contribution in [2.75, 3.05) is 26.8 Å². The van der Waals surface area contributed by atoms with E-state index in [9.17, 15) is 0 Å². The summed E-state index contributed by atoms with van der Waals surface area (Å²) in [4.78, 5) is 0. The van der Waals surface area contributed by atoms with E-state index >= 15 is 0 Å². The van der Waals surface area contributed by atoms with Gasteiger partial charge in [-0.1, -0.05) is 66.2 Å². The van der Waals surface area contributed by atoms with Crippen LogP contribution in [0, 0.1) is 11.3 Å². The highest BCUT2D eigenvalue weighted by Gasteiger charge is 2.29. The number of hydrogen-bond acceptors (Lipinski definition) is 2. The molecule has 1 N–H and O–H groups in total. The Morgan fingerprint density at radius 2 is 1.76 bits per heavy atom.